The molecule has 0 amide bonds. The predicted octanol–water partition coefficient (Wildman–Crippen LogP) is 0.973. The van der Waals surface area contributed by atoms with E-state index in [0.29, 0.717) is 6.04 Å². The first-order valence-electron chi connectivity index (χ1n) is 6.11. The zero-order valence-electron chi connectivity index (χ0n) is 9.69. The van der Waals surface area contributed by atoms with Gasteiger partial charge >= 0.3 is 0 Å². The Morgan fingerprint density at radius 2 is 2.38 bits per heavy atom. The number of rotatable bonds is 1. The van der Waals surface area contributed by atoms with E-state index in [1.807, 2.05) is 19.2 Å². The molecule has 4 nitrogen and oxygen atoms in total. The quantitative estimate of drug-likeness (QED) is 0.762. The Morgan fingerprint density at radius 1 is 1.44 bits per heavy atom. The van der Waals surface area contributed by atoms with Crippen LogP contribution in [0.4, 0.5) is 5.95 Å². The summed E-state index contributed by atoms with van der Waals surface area (Å²) in [5, 5.41) is 3.48. The molecular formula is C12H18N4. The molecule has 2 aliphatic rings. The minimum absolute atomic E-state index is 0.607. The van der Waals surface area contributed by atoms with Crippen molar-refractivity contribution >= 4 is 5.95 Å². The molecule has 0 bridgehead atoms. The van der Waals surface area contributed by atoms with Gasteiger partial charge in [0.1, 0.15) is 0 Å². The number of nitrogens with zero attached hydrogens (tertiary/aromatic N) is 3. The molecule has 0 spiro atoms. The monoisotopic (exact) mass is 218 g/mol. The fourth-order valence-corrected chi connectivity index (χ4v) is 2.89. The molecule has 2 atom stereocenters. The molecule has 0 aliphatic carbocycles. The molecule has 3 heterocycles. The second-order valence-corrected chi connectivity index (χ2v) is 4.82. The van der Waals surface area contributed by atoms with E-state index in [-0.39, 0.29) is 0 Å². The molecule has 2 fully saturated rings. The lowest BCUT2D eigenvalue weighted by Gasteiger charge is -2.37. The number of aryl methyl sites for hydroxylation is 1. The van der Waals surface area contributed by atoms with E-state index in [0.717, 1.165) is 37.2 Å². The molecule has 4 heteroatoms. The summed E-state index contributed by atoms with van der Waals surface area (Å²) in [5.41, 5.74) is 1.05. The largest absolute Gasteiger partial charge is 0.336 e. The highest BCUT2D eigenvalue weighted by atomic mass is 15.3. The van der Waals surface area contributed by atoms with Crippen molar-refractivity contribution in [2.75, 3.05) is 24.5 Å². The Kier molecular flexibility index (Phi) is 2.52. The Hall–Kier alpha value is -1.16. The number of piperidine rings is 1. The van der Waals surface area contributed by atoms with Gasteiger partial charge in [-0.1, -0.05) is 0 Å². The van der Waals surface area contributed by atoms with Crippen LogP contribution >= 0.6 is 0 Å². The smallest absolute Gasteiger partial charge is 0.225 e. The van der Waals surface area contributed by atoms with Gasteiger partial charge in [0.05, 0.1) is 0 Å². The van der Waals surface area contributed by atoms with E-state index >= 15 is 0 Å². The first-order chi connectivity index (χ1) is 7.84. The summed E-state index contributed by atoms with van der Waals surface area (Å²) in [6.07, 6.45) is 4.48. The lowest BCUT2D eigenvalue weighted by Crippen LogP contribution is -2.46. The lowest BCUT2D eigenvalue weighted by molar-refractivity contribution is 0.380. The van der Waals surface area contributed by atoms with E-state index in [4.69, 9.17) is 0 Å². The van der Waals surface area contributed by atoms with E-state index in [1.165, 1.54) is 12.8 Å². The van der Waals surface area contributed by atoms with Gasteiger partial charge < -0.3 is 10.2 Å². The van der Waals surface area contributed by atoms with Gasteiger partial charge in [-0.05, 0) is 31.7 Å². The van der Waals surface area contributed by atoms with Crippen molar-refractivity contribution in [3.63, 3.8) is 0 Å². The Bertz CT molecular complexity index is 379. The highest BCUT2D eigenvalue weighted by Gasteiger charge is 2.35. The van der Waals surface area contributed by atoms with Crippen molar-refractivity contribution in [3.05, 3.63) is 18.0 Å². The van der Waals surface area contributed by atoms with Crippen molar-refractivity contribution in [1.29, 1.82) is 0 Å². The Morgan fingerprint density at radius 3 is 3.25 bits per heavy atom. The summed E-state index contributed by atoms with van der Waals surface area (Å²) >= 11 is 0. The molecule has 16 heavy (non-hydrogen) atoms. The summed E-state index contributed by atoms with van der Waals surface area (Å²) in [7, 11) is 0. The maximum atomic E-state index is 4.54. The summed E-state index contributed by atoms with van der Waals surface area (Å²) < 4.78 is 0. The molecule has 0 aromatic carbocycles. The summed E-state index contributed by atoms with van der Waals surface area (Å²) in [5.74, 6) is 1.70. The molecule has 2 aliphatic heterocycles. The normalized spacial score (nSPS) is 29.2. The van der Waals surface area contributed by atoms with E-state index < -0.39 is 0 Å². The molecule has 1 N–H and O–H groups in total. The highest BCUT2D eigenvalue weighted by Crippen LogP contribution is 2.28. The minimum Gasteiger partial charge on any atom is -0.336 e. The van der Waals surface area contributed by atoms with Gasteiger partial charge in [-0.25, -0.2) is 9.97 Å². The van der Waals surface area contributed by atoms with Gasteiger partial charge in [0.2, 0.25) is 5.95 Å². The van der Waals surface area contributed by atoms with E-state index in [9.17, 15) is 0 Å². The van der Waals surface area contributed by atoms with Gasteiger partial charge in [-0.2, -0.15) is 0 Å². The Labute approximate surface area is 96.1 Å². The van der Waals surface area contributed by atoms with Crippen LogP contribution in [0.2, 0.25) is 0 Å². The first-order valence-corrected chi connectivity index (χ1v) is 6.11. The Balaban J connectivity index is 1.88. The third-order valence-corrected chi connectivity index (χ3v) is 3.72. The maximum absolute atomic E-state index is 4.54. The van der Waals surface area contributed by atoms with E-state index in [1.54, 1.807) is 0 Å². The molecule has 1 aromatic heterocycles. The zero-order valence-corrected chi connectivity index (χ0v) is 9.69. The third kappa shape index (κ3) is 1.67. The minimum atomic E-state index is 0.607. The van der Waals surface area contributed by atoms with Crippen LogP contribution in [0.15, 0.2) is 12.3 Å². The van der Waals surface area contributed by atoms with Crippen LogP contribution in [0, 0.1) is 12.8 Å². The van der Waals surface area contributed by atoms with Crippen molar-refractivity contribution in [2.45, 2.75) is 25.8 Å². The summed E-state index contributed by atoms with van der Waals surface area (Å²) in [4.78, 5) is 11.3. The number of hydrogen-bond donors (Lipinski definition) is 1. The molecule has 3 rings (SSSR count). The van der Waals surface area contributed by atoms with Crippen molar-refractivity contribution in [2.24, 2.45) is 5.92 Å². The van der Waals surface area contributed by atoms with Crippen molar-refractivity contribution in [3.8, 4) is 0 Å². The second-order valence-electron chi connectivity index (χ2n) is 4.82. The van der Waals surface area contributed by atoms with Crippen LogP contribution in [0.5, 0.6) is 0 Å². The fourth-order valence-electron chi connectivity index (χ4n) is 2.89. The molecule has 86 valence electrons. The van der Waals surface area contributed by atoms with Gasteiger partial charge in [0.25, 0.3) is 0 Å². The van der Waals surface area contributed by atoms with Gasteiger partial charge in [-0.3, -0.25) is 0 Å². The van der Waals surface area contributed by atoms with Gasteiger partial charge in [0.15, 0.2) is 0 Å². The van der Waals surface area contributed by atoms with Crippen molar-refractivity contribution in [1.82, 2.24) is 15.3 Å². The maximum Gasteiger partial charge on any atom is 0.225 e. The lowest BCUT2D eigenvalue weighted by atomic mass is 9.92. The molecule has 0 radical (unpaired) electrons. The number of aromatic nitrogens is 2. The standard InChI is InChI=1S/C12H18N4/c1-9-4-5-14-12(15-9)16-6-2-3-10-7-13-8-11(10)16/h4-5,10-11,13H,2-3,6-8H2,1H3. The highest BCUT2D eigenvalue weighted by molar-refractivity contribution is 5.34. The zero-order chi connectivity index (χ0) is 11.0. The molecule has 0 saturated carbocycles. The number of anilines is 1. The fraction of sp³-hybridized carbons (Fsp3) is 0.667. The molecule has 2 unspecified atom stereocenters. The molecule has 2 saturated heterocycles. The third-order valence-electron chi connectivity index (χ3n) is 3.72. The molecule has 1 aromatic rings. The summed E-state index contributed by atoms with van der Waals surface area (Å²) in [6.45, 7) is 5.38. The van der Waals surface area contributed by atoms with E-state index in [2.05, 4.69) is 20.2 Å². The number of fused-ring (bicyclic) bond motifs is 1. The first kappa shape index (κ1) is 10.0. The summed E-state index contributed by atoms with van der Waals surface area (Å²) in [6, 6.07) is 2.56. The number of hydrogen-bond acceptors (Lipinski definition) is 4. The van der Waals surface area contributed by atoms with Crippen LogP contribution in [0.25, 0.3) is 0 Å². The average Bonchev–Trinajstić information content (AvgIpc) is 2.76. The molecular weight excluding hydrogens is 200 g/mol. The van der Waals surface area contributed by atoms with Crippen LogP contribution in [-0.2, 0) is 0 Å². The topological polar surface area (TPSA) is 41.1 Å². The van der Waals surface area contributed by atoms with Crippen LogP contribution in [0.1, 0.15) is 18.5 Å². The van der Waals surface area contributed by atoms with Crippen LogP contribution < -0.4 is 10.2 Å². The van der Waals surface area contributed by atoms with Gasteiger partial charge in [-0.15, -0.1) is 0 Å². The van der Waals surface area contributed by atoms with Crippen LogP contribution in [0.3, 0.4) is 0 Å². The number of nitrogens with one attached hydrogen (secondary N) is 1. The van der Waals surface area contributed by atoms with Crippen LogP contribution in [-0.4, -0.2) is 35.6 Å². The van der Waals surface area contributed by atoms with Crippen molar-refractivity contribution < 1.29 is 0 Å². The average molecular weight is 218 g/mol. The SMILES string of the molecule is Cc1ccnc(N2CCCC3CNCC32)n1. The predicted molar refractivity (Wildman–Crippen MR) is 63.5 cm³/mol. The second kappa shape index (κ2) is 4.01. The van der Waals surface area contributed by atoms with Gasteiger partial charge in [0, 0.05) is 37.6 Å².